The molecule has 0 atom stereocenters. The van der Waals surface area contributed by atoms with E-state index < -0.39 is 0 Å². The lowest BCUT2D eigenvalue weighted by molar-refractivity contribution is 0.669. The lowest BCUT2D eigenvalue weighted by atomic mass is 9.92. The Morgan fingerprint density at radius 3 is 1.54 bits per heavy atom. The molecule has 3 heteroatoms. The molecule has 0 saturated carbocycles. The first-order valence-corrected chi connectivity index (χ1v) is 20.7. The highest BCUT2D eigenvalue weighted by atomic mass is 16.3. The summed E-state index contributed by atoms with van der Waals surface area (Å²) in [5.74, 6) is 0. The number of rotatable bonds is 7. The van der Waals surface area contributed by atoms with Crippen LogP contribution >= 0.6 is 0 Å². The van der Waals surface area contributed by atoms with Crippen molar-refractivity contribution in [2.24, 2.45) is 0 Å². The van der Waals surface area contributed by atoms with E-state index in [1.807, 2.05) is 6.07 Å². The van der Waals surface area contributed by atoms with Crippen molar-refractivity contribution in [3.05, 3.63) is 224 Å². The van der Waals surface area contributed by atoms with Gasteiger partial charge in [-0.2, -0.15) is 0 Å². The zero-order chi connectivity index (χ0) is 40.3. The van der Waals surface area contributed by atoms with Crippen molar-refractivity contribution in [2.45, 2.75) is 0 Å². The van der Waals surface area contributed by atoms with Gasteiger partial charge in [-0.3, -0.25) is 0 Å². The standard InChI is InChI=1S/C58H37NO2/c1-4-16-38(17-5-1)40-30-32-45(33-31-40)59(52-28-15-27-49-47-25-12-13-29-54(47)60-58(49)52)53-37-51-56-50(41-20-8-3-9-21-41)35-44(36-55(56)61-57(51)48-26-11-10-24-46(48)53)43-23-14-22-42(34-43)39-18-6-2-7-19-39/h1-37H. The van der Waals surface area contributed by atoms with Gasteiger partial charge < -0.3 is 13.7 Å². The second-order valence-corrected chi connectivity index (χ2v) is 15.6. The summed E-state index contributed by atoms with van der Waals surface area (Å²) in [6.07, 6.45) is 0. The highest BCUT2D eigenvalue weighted by Gasteiger charge is 2.25. The summed E-state index contributed by atoms with van der Waals surface area (Å²) in [5.41, 5.74) is 15.6. The molecule has 0 unspecified atom stereocenters. The molecule has 0 fully saturated rings. The molecule has 3 nitrogen and oxygen atoms in total. The van der Waals surface area contributed by atoms with Gasteiger partial charge in [-0.25, -0.2) is 0 Å². The summed E-state index contributed by atoms with van der Waals surface area (Å²) in [6, 6.07) is 79.7. The Kier molecular flexibility index (Phi) is 8.17. The van der Waals surface area contributed by atoms with Crippen LogP contribution in [-0.2, 0) is 0 Å². The van der Waals surface area contributed by atoms with Crippen molar-refractivity contribution in [3.63, 3.8) is 0 Å². The molecule has 0 bridgehead atoms. The molecule has 0 aliphatic carbocycles. The molecular weight excluding hydrogens is 743 g/mol. The number of hydrogen-bond donors (Lipinski definition) is 0. The average Bonchev–Trinajstić information content (AvgIpc) is 3.92. The molecular formula is C58H37NO2. The van der Waals surface area contributed by atoms with Gasteiger partial charge >= 0.3 is 0 Å². The Bertz CT molecular complexity index is 3570. The highest BCUT2D eigenvalue weighted by Crippen LogP contribution is 2.49. The Morgan fingerprint density at radius 2 is 0.803 bits per heavy atom. The molecule has 0 radical (unpaired) electrons. The Balaban J connectivity index is 1.14. The lowest BCUT2D eigenvalue weighted by Gasteiger charge is -2.27. The maximum atomic E-state index is 7.09. The molecule has 10 aromatic carbocycles. The van der Waals surface area contributed by atoms with E-state index in [-0.39, 0.29) is 0 Å². The van der Waals surface area contributed by atoms with E-state index in [2.05, 4.69) is 223 Å². The molecule has 12 rings (SSSR count). The third-order valence-electron chi connectivity index (χ3n) is 12.0. The SMILES string of the molecule is c1ccc(-c2ccc(N(c3cc4c(oc5cc(-c6cccc(-c7ccccc7)c6)cc(-c6ccccc6)c54)c4ccccc34)c3cccc4c3oc3ccccc34)cc2)cc1. The molecule has 0 N–H and O–H groups in total. The second kappa shape index (κ2) is 14.3. The van der Waals surface area contributed by atoms with Crippen molar-refractivity contribution >= 4 is 71.7 Å². The van der Waals surface area contributed by atoms with Crippen molar-refractivity contribution < 1.29 is 8.83 Å². The average molecular weight is 780 g/mol. The Morgan fingerprint density at radius 1 is 0.279 bits per heavy atom. The van der Waals surface area contributed by atoms with Crippen LogP contribution in [0.4, 0.5) is 17.1 Å². The van der Waals surface area contributed by atoms with Crippen LogP contribution < -0.4 is 4.90 Å². The first kappa shape index (κ1) is 34.9. The summed E-state index contributed by atoms with van der Waals surface area (Å²) in [6.45, 7) is 0. The smallest absolute Gasteiger partial charge is 0.159 e. The minimum atomic E-state index is 0.837. The van der Waals surface area contributed by atoms with Crippen molar-refractivity contribution in [1.82, 2.24) is 0 Å². The fourth-order valence-electron chi connectivity index (χ4n) is 9.16. The topological polar surface area (TPSA) is 29.5 Å². The largest absolute Gasteiger partial charge is 0.455 e. The van der Waals surface area contributed by atoms with Crippen LogP contribution in [0.15, 0.2) is 233 Å². The molecule has 2 aromatic heterocycles. The maximum absolute atomic E-state index is 7.09. The van der Waals surface area contributed by atoms with Crippen LogP contribution in [0.3, 0.4) is 0 Å². The molecule has 2 heterocycles. The van der Waals surface area contributed by atoms with E-state index in [0.29, 0.717) is 0 Å². The zero-order valence-corrected chi connectivity index (χ0v) is 33.1. The molecule has 61 heavy (non-hydrogen) atoms. The second-order valence-electron chi connectivity index (χ2n) is 15.6. The molecule has 0 saturated heterocycles. The summed E-state index contributed by atoms with van der Waals surface area (Å²) in [4.78, 5) is 2.37. The summed E-state index contributed by atoms with van der Waals surface area (Å²) >= 11 is 0. The molecule has 12 aromatic rings. The van der Waals surface area contributed by atoms with Gasteiger partial charge in [0.05, 0.1) is 11.4 Å². The normalized spacial score (nSPS) is 11.6. The van der Waals surface area contributed by atoms with E-state index >= 15 is 0 Å². The fraction of sp³-hybridized carbons (Fsp3) is 0. The number of benzene rings is 10. The minimum Gasteiger partial charge on any atom is -0.455 e. The van der Waals surface area contributed by atoms with Crippen LogP contribution in [-0.4, -0.2) is 0 Å². The van der Waals surface area contributed by atoms with Crippen LogP contribution in [0.2, 0.25) is 0 Å². The molecule has 0 aliphatic heterocycles. The highest BCUT2D eigenvalue weighted by molar-refractivity contribution is 6.23. The summed E-state index contributed by atoms with van der Waals surface area (Å²) in [7, 11) is 0. The van der Waals surface area contributed by atoms with Crippen LogP contribution in [0.1, 0.15) is 0 Å². The number of anilines is 3. The van der Waals surface area contributed by atoms with Crippen molar-refractivity contribution in [3.8, 4) is 44.5 Å². The number of fused-ring (bicyclic) bond motifs is 8. The monoisotopic (exact) mass is 779 g/mol. The number of nitrogens with zero attached hydrogens (tertiary/aromatic N) is 1. The first-order valence-electron chi connectivity index (χ1n) is 20.7. The van der Waals surface area contributed by atoms with Crippen LogP contribution in [0, 0.1) is 0 Å². The molecule has 0 aliphatic rings. The van der Waals surface area contributed by atoms with E-state index in [9.17, 15) is 0 Å². The zero-order valence-electron chi connectivity index (χ0n) is 33.1. The minimum absolute atomic E-state index is 0.837. The Hall–Kier alpha value is -8.14. The fourth-order valence-corrected chi connectivity index (χ4v) is 9.16. The molecule has 286 valence electrons. The predicted octanol–water partition coefficient (Wildman–Crippen LogP) is 16.8. The number of hydrogen-bond acceptors (Lipinski definition) is 3. The van der Waals surface area contributed by atoms with Crippen LogP contribution in [0.25, 0.3) is 99.2 Å². The van der Waals surface area contributed by atoms with Gasteiger partial charge in [0.1, 0.15) is 16.7 Å². The van der Waals surface area contributed by atoms with Gasteiger partial charge in [-0.1, -0.05) is 176 Å². The number of para-hydroxylation sites is 2. The molecule has 0 spiro atoms. The predicted molar refractivity (Wildman–Crippen MR) is 255 cm³/mol. The van der Waals surface area contributed by atoms with E-state index in [1.165, 1.54) is 16.7 Å². The molecule has 0 amide bonds. The summed E-state index contributed by atoms with van der Waals surface area (Å²) in [5, 5.41) is 6.42. The quantitative estimate of drug-likeness (QED) is 0.161. The van der Waals surface area contributed by atoms with Gasteiger partial charge in [-0.15, -0.1) is 0 Å². The van der Waals surface area contributed by atoms with E-state index in [0.717, 1.165) is 99.5 Å². The van der Waals surface area contributed by atoms with Gasteiger partial charge in [0.2, 0.25) is 0 Å². The van der Waals surface area contributed by atoms with Gasteiger partial charge in [-0.05, 0) is 93.0 Å². The van der Waals surface area contributed by atoms with Gasteiger partial charge in [0.15, 0.2) is 5.58 Å². The first-order chi connectivity index (χ1) is 30.2. The van der Waals surface area contributed by atoms with E-state index in [1.54, 1.807) is 0 Å². The maximum Gasteiger partial charge on any atom is 0.159 e. The van der Waals surface area contributed by atoms with Crippen molar-refractivity contribution in [2.75, 3.05) is 4.90 Å². The van der Waals surface area contributed by atoms with Gasteiger partial charge in [0.25, 0.3) is 0 Å². The van der Waals surface area contributed by atoms with Crippen LogP contribution in [0.5, 0.6) is 0 Å². The lowest BCUT2D eigenvalue weighted by Crippen LogP contribution is -2.11. The third-order valence-corrected chi connectivity index (χ3v) is 12.0. The van der Waals surface area contributed by atoms with E-state index in [4.69, 9.17) is 8.83 Å². The Labute approximate surface area is 353 Å². The third kappa shape index (κ3) is 5.90. The summed E-state index contributed by atoms with van der Waals surface area (Å²) < 4.78 is 13.9. The number of furan rings is 2. The van der Waals surface area contributed by atoms with Crippen molar-refractivity contribution in [1.29, 1.82) is 0 Å². The van der Waals surface area contributed by atoms with Gasteiger partial charge in [0, 0.05) is 38.0 Å².